The summed E-state index contributed by atoms with van der Waals surface area (Å²) in [5.74, 6) is -2.60. The number of thiophene rings is 1. The molecule has 0 aromatic carbocycles. The van der Waals surface area contributed by atoms with Crippen molar-refractivity contribution in [2.24, 2.45) is 0 Å². The molecule has 8 nitrogen and oxygen atoms in total. The molecule has 1 fully saturated rings. The Labute approximate surface area is 212 Å². The second-order valence-electron chi connectivity index (χ2n) is 5.99. The Hall–Kier alpha value is -0.890. The molecule has 3 atom stereocenters. The van der Waals surface area contributed by atoms with Crippen LogP contribution in [0, 0.1) is 0 Å². The summed E-state index contributed by atoms with van der Waals surface area (Å²) in [6.07, 6.45) is 0.0302. The fourth-order valence-corrected chi connectivity index (χ4v) is 6.18. The largest absolute Gasteiger partial charge is 1.00 e. The molecule has 2 unspecified atom stereocenters. The number of carbonyl (C=O) groups is 4. The third-order valence-electron chi connectivity index (χ3n) is 4.32. The first kappa shape index (κ1) is 25.4. The third kappa shape index (κ3) is 4.50. The van der Waals surface area contributed by atoms with Crippen molar-refractivity contribution in [2.45, 2.75) is 30.3 Å². The van der Waals surface area contributed by atoms with Crippen LogP contribution in [0.1, 0.15) is 11.8 Å². The fourth-order valence-electron chi connectivity index (χ4n) is 3.15. The molecule has 1 N–H and O–H groups in total. The van der Waals surface area contributed by atoms with Crippen LogP contribution in [0.5, 0.6) is 0 Å². The van der Waals surface area contributed by atoms with Gasteiger partial charge in [-0.15, -0.1) is 23.1 Å². The number of carboxylic acids is 1. The van der Waals surface area contributed by atoms with Crippen molar-refractivity contribution in [3.63, 3.8) is 0 Å². The summed E-state index contributed by atoms with van der Waals surface area (Å²) in [5.41, 5.74) is -1.21. The van der Waals surface area contributed by atoms with Crippen LogP contribution in [0.3, 0.4) is 0 Å². The van der Waals surface area contributed by atoms with E-state index in [2.05, 4.69) is 5.32 Å². The van der Waals surface area contributed by atoms with Gasteiger partial charge in [0.25, 0.3) is 5.91 Å². The summed E-state index contributed by atoms with van der Waals surface area (Å²) < 4.78 is 5.29. The Kier molecular flexibility index (Phi) is 8.98. The van der Waals surface area contributed by atoms with Crippen molar-refractivity contribution >= 4 is 74.7 Å². The number of carbonyl (C=O) groups excluding carboxylic acids is 4. The monoisotopic (exact) mass is 494 g/mol. The summed E-state index contributed by atoms with van der Waals surface area (Å²) in [4.78, 5) is 50.3. The summed E-state index contributed by atoms with van der Waals surface area (Å²) in [6, 6.07) is 2.15. The maximum absolute atomic E-state index is 13.1. The molecule has 3 rings (SSSR count). The van der Waals surface area contributed by atoms with Gasteiger partial charge >= 0.3 is 29.6 Å². The van der Waals surface area contributed by atoms with Gasteiger partial charge in [-0.1, -0.05) is 18.3 Å². The molecule has 0 bridgehead atoms. The predicted octanol–water partition coefficient (Wildman–Crippen LogP) is -2.69. The van der Waals surface area contributed by atoms with Crippen LogP contribution in [0.15, 0.2) is 28.7 Å². The molecule has 0 aliphatic carbocycles. The molecule has 0 saturated carbocycles. The first-order valence-corrected chi connectivity index (χ1v) is 11.5. The van der Waals surface area contributed by atoms with E-state index in [0.29, 0.717) is 17.4 Å². The zero-order chi connectivity index (χ0) is 21.2. The third-order valence-corrected chi connectivity index (χ3v) is 7.64. The molecule has 1 aromatic heterocycles. The van der Waals surface area contributed by atoms with Crippen LogP contribution in [-0.2, 0) is 30.3 Å². The molecule has 1 saturated heterocycles. The number of hydrogen-bond acceptors (Lipinski definition) is 10. The number of amides is 2. The number of hydrogen-bond donors (Lipinski definition) is 1. The molecule has 0 spiro atoms. The average Bonchev–Trinajstić information content (AvgIpc) is 3.18. The number of nitrogens with one attached hydrogen (secondary N) is 1. The first-order chi connectivity index (χ1) is 13.9. The van der Waals surface area contributed by atoms with Crippen LogP contribution < -0.4 is 40.0 Å². The molecule has 2 amide bonds. The van der Waals surface area contributed by atoms with Gasteiger partial charge < -0.3 is 24.9 Å². The normalized spacial score (nSPS) is 24.5. The van der Waals surface area contributed by atoms with Crippen LogP contribution in [0.4, 0.5) is 0 Å². The van der Waals surface area contributed by atoms with Gasteiger partial charge in [0.2, 0.25) is 5.91 Å². The minimum Gasteiger partial charge on any atom is -0.547 e. The minimum atomic E-state index is -1.68. The SMILES string of the molecule is CCOC1=CS[C@@H]2N(C(=O)C2(NC(=O)Cc2cccs2)C(=S)SC=O)C1C(=O)[O-].[Na+]. The fraction of sp³-hybridized carbons (Fsp3) is 0.353. The molecular formula is C17H15N2NaO6S4. The van der Waals surface area contributed by atoms with Crippen molar-refractivity contribution in [1.29, 1.82) is 0 Å². The van der Waals surface area contributed by atoms with E-state index in [4.69, 9.17) is 17.0 Å². The molecular weight excluding hydrogens is 479 g/mol. The summed E-state index contributed by atoms with van der Waals surface area (Å²) in [6.45, 7) is 1.90. The smallest absolute Gasteiger partial charge is 0.547 e. The van der Waals surface area contributed by atoms with E-state index in [1.165, 1.54) is 16.7 Å². The van der Waals surface area contributed by atoms with Crippen LogP contribution in [0.25, 0.3) is 0 Å². The Morgan fingerprint density at radius 1 is 1.50 bits per heavy atom. The molecule has 30 heavy (non-hydrogen) atoms. The average molecular weight is 495 g/mol. The number of rotatable bonds is 8. The Morgan fingerprint density at radius 3 is 2.80 bits per heavy atom. The number of thioether (sulfide) groups is 2. The first-order valence-electron chi connectivity index (χ1n) is 8.36. The maximum Gasteiger partial charge on any atom is 1.00 e. The van der Waals surface area contributed by atoms with Gasteiger partial charge in [-0.25, -0.2) is 0 Å². The van der Waals surface area contributed by atoms with Gasteiger partial charge in [0.1, 0.15) is 17.2 Å². The van der Waals surface area contributed by atoms with E-state index < -0.39 is 34.7 Å². The molecule has 13 heteroatoms. The maximum atomic E-state index is 13.1. The molecule has 2 aliphatic heterocycles. The van der Waals surface area contributed by atoms with Crippen LogP contribution in [0.2, 0.25) is 0 Å². The Balaban J connectivity index is 0.00000320. The molecule has 0 radical (unpaired) electrons. The number of fused-ring (bicyclic) bond motifs is 1. The standard InChI is InChI=1S/C17H16N2O6S4.Na/c1-2-25-10-7-28-15-17(16(26)29-8-20,14(24)19(15)12(10)13(22)23)18-11(21)6-9-4-3-5-27-9;/h3-5,7-8,12,15H,2,6H2,1H3,(H,18,21)(H,22,23);/q;+1/p-1/t12?,15-,17?;/m0./s1. The molecule has 1 aromatic rings. The molecule has 3 heterocycles. The van der Waals surface area contributed by atoms with Gasteiger partial charge in [0.05, 0.1) is 23.2 Å². The number of ether oxygens (including phenoxy) is 1. The summed E-state index contributed by atoms with van der Waals surface area (Å²) in [7, 11) is 0. The number of thiocarbonyl (C=S) groups is 1. The van der Waals surface area contributed by atoms with E-state index in [1.807, 2.05) is 5.38 Å². The Bertz CT molecular complexity index is 893. The minimum absolute atomic E-state index is 0. The van der Waals surface area contributed by atoms with Crippen molar-refractivity contribution in [1.82, 2.24) is 10.2 Å². The van der Waals surface area contributed by atoms with E-state index in [-0.39, 0.29) is 52.5 Å². The van der Waals surface area contributed by atoms with Gasteiger partial charge in [-0.05, 0) is 30.1 Å². The molecule has 154 valence electrons. The van der Waals surface area contributed by atoms with Crippen molar-refractivity contribution in [3.05, 3.63) is 33.6 Å². The van der Waals surface area contributed by atoms with Crippen LogP contribution in [-0.4, -0.2) is 56.1 Å². The van der Waals surface area contributed by atoms with Gasteiger partial charge in [-0.3, -0.25) is 14.4 Å². The van der Waals surface area contributed by atoms with Crippen molar-refractivity contribution < 1.29 is 58.6 Å². The second-order valence-corrected chi connectivity index (χ2v) is 9.48. The van der Waals surface area contributed by atoms with E-state index in [9.17, 15) is 24.3 Å². The summed E-state index contributed by atoms with van der Waals surface area (Å²) >= 11 is 8.37. The number of nitrogens with zero attached hydrogens (tertiary/aromatic N) is 1. The summed E-state index contributed by atoms with van der Waals surface area (Å²) in [5, 5.41) is 16.8. The quantitative estimate of drug-likeness (QED) is 0.179. The second kappa shape index (κ2) is 10.6. The van der Waals surface area contributed by atoms with Crippen molar-refractivity contribution in [3.8, 4) is 0 Å². The number of carboxylic acid groups (broad SMARTS) is 1. The van der Waals surface area contributed by atoms with E-state index >= 15 is 0 Å². The Morgan fingerprint density at radius 2 is 2.23 bits per heavy atom. The zero-order valence-corrected chi connectivity index (χ0v) is 21.3. The van der Waals surface area contributed by atoms with Gasteiger partial charge in [0, 0.05) is 10.3 Å². The van der Waals surface area contributed by atoms with Crippen LogP contribution >= 0.6 is 47.1 Å². The van der Waals surface area contributed by atoms with E-state index in [1.54, 1.807) is 19.1 Å². The number of aliphatic carboxylic acids is 1. The number of β-lactam (4-membered cyclic amide) rings is 1. The van der Waals surface area contributed by atoms with Gasteiger partial charge in [0.15, 0.2) is 11.2 Å². The van der Waals surface area contributed by atoms with Gasteiger partial charge in [-0.2, -0.15) is 0 Å². The zero-order valence-electron chi connectivity index (χ0n) is 16.0. The molecule has 2 aliphatic rings. The van der Waals surface area contributed by atoms with Crippen molar-refractivity contribution in [2.75, 3.05) is 6.61 Å². The predicted molar refractivity (Wildman–Crippen MR) is 113 cm³/mol. The van der Waals surface area contributed by atoms with E-state index in [0.717, 1.165) is 21.5 Å². The topological polar surface area (TPSA) is 116 Å².